The molecular formula is C20H22N8. The molecule has 1 aliphatic carbocycles. The van der Waals surface area contributed by atoms with Gasteiger partial charge in [-0.25, -0.2) is 15.0 Å². The largest absolute Gasteiger partial charge is 0.383 e. The first kappa shape index (κ1) is 16.9. The van der Waals surface area contributed by atoms with Gasteiger partial charge in [-0.1, -0.05) is 12.8 Å². The molecule has 2 fully saturated rings. The van der Waals surface area contributed by atoms with E-state index < -0.39 is 0 Å². The van der Waals surface area contributed by atoms with Crippen LogP contribution >= 0.6 is 0 Å². The van der Waals surface area contributed by atoms with E-state index in [2.05, 4.69) is 31.1 Å². The normalized spacial score (nSPS) is 18.6. The number of nitrogens with zero attached hydrogens (tertiary/aromatic N) is 6. The summed E-state index contributed by atoms with van der Waals surface area (Å²) in [5, 5.41) is 16.7. The Morgan fingerprint density at radius 2 is 1.93 bits per heavy atom. The van der Waals surface area contributed by atoms with Gasteiger partial charge in [-0.2, -0.15) is 10.4 Å². The van der Waals surface area contributed by atoms with Gasteiger partial charge < -0.3 is 10.6 Å². The Labute approximate surface area is 162 Å². The maximum Gasteiger partial charge on any atom is 0.177 e. The number of rotatable bonds is 2. The van der Waals surface area contributed by atoms with Crippen LogP contribution in [0.2, 0.25) is 0 Å². The molecule has 1 aliphatic heterocycles. The third-order valence-electron chi connectivity index (χ3n) is 6.42. The molecule has 8 heteroatoms. The molecule has 1 saturated carbocycles. The molecule has 1 spiro atoms. The topological polar surface area (TPSA) is 120 Å². The van der Waals surface area contributed by atoms with Gasteiger partial charge in [0.25, 0.3) is 0 Å². The van der Waals surface area contributed by atoms with Gasteiger partial charge in [-0.15, -0.1) is 0 Å². The zero-order chi connectivity index (χ0) is 19.1. The lowest BCUT2D eigenvalue weighted by Gasteiger charge is -2.39. The SMILES string of the molecule is N#Cc1c(-c2n[nH]c3nc(N4CCC5(CCCC5)CC4)cnc23)ccnc1N. The number of nitrogens with one attached hydrogen (secondary N) is 1. The highest BCUT2D eigenvalue weighted by atomic mass is 15.2. The first-order valence-corrected chi connectivity index (χ1v) is 9.80. The molecule has 3 N–H and O–H groups in total. The van der Waals surface area contributed by atoms with Crippen LogP contribution in [0.1, 0.15) is 44.1 Å². The fraction of sp³-hybridized carbons (Fsp3) is 0.450. The molecule has 4 heterocycles. The second-order valence-corrected chi connectivity index (χ2v) is 7.92. The van der Waals surface area contributed by atoms with Gasteiger partial charge in [0.15, 0.2) is 5.65 Å². The van der Waals surface area contributed by atoms with Crippen LogP contribution in [0.25, 0.3) is 22.4 Å². The number of H-pyrrole nitrogens is 1. The summed E-state index contributed by atoms with van der Waals surface area (Å²) in [6.07, 6.45) is 11.4. The molecule has 0 bridgehead atoms. The molecule has 5 rings (SSSR count). The van der Waals surface area contributed by atoms with E-state index in [1.807, 2.05) is 6.20 Å². The van der Waals surface area contributed by atoms with Crippen molar-refractivity contribution >= 4 is 22.8 Å². The summed E-state index contributed by atoms with van der Waals surface area (Å²) in [5.74, 6) is 1.07. The van der Waals surface area contributed by atoms with E-state index in [1.165, 1.54) is 38.5 Å². The van der Waals surface area contributed by atoms with E-state index in [-0.39, 0.29) is 5.82 Å². The zero-order valence-corrected chi connectivity index (χ0v) is 15.6. The maximum absolute atomic E-state index is 9.42. The lowest BCUT2D eigenvalue weighted by molar-refractivity contribution is 0.226. The molecule has 3 aromatic heterocycles. The molecule has 8 nitrogen and oxygen atoms in total. The minimum atomic E-state index is 0.190. The molecule has 0 atom stereocenters. The van der Waals surface area contributed by atoms with Gasteiger partial charge in [-0.3, -0.25) is 5.10 Å². The number of hydrogen-bond donors (Lipinski definition) is 2. The zero-order valence-electron chi connectivity index (χ0n) is 15.6. The highest BCUT2D eigenvalue weighted by molar-refractivity contribution is 5.90. The van der Waals surface area contributed by atoms with Crippen molar-refractivity contribution in [2.45, 2.75) is 38.5 Å². The number of fused-ring (bicyclic) bond motifs is 1. The Hall–Kier alpha value is -3.21. The second kappa shape index (κ2) is 6.44. The monoisotopic (exact) mass is 374 g/mol. The number of piperidine rings is 1. The van der Waals surface area contributed by atoms with E-state index in [4.69, 9.17) is 10.7 Å². The van der Waals surface area contributed by atoms with Gasteiger partial charge in [0.2, 0.25) is 0 Å². The van der Waals surface area contributed by atoms with Crippen molar-refractivity contribution in [2.75, 3.05) is 23.7 Å². The van der Waals surface area contributed by atoms with Crippen LogP contribution in [0.5, 0.6) is 0 Å². The van der Waals surface area contributed by atoms with Crippen LogP contribution in [0, 0.1) is 16.7 Å². The molecule has 28 heavy (non-hydrogen) atoms. The number of aromatic nitrogens is 5. The summed E-state index contributed by atoms with van der Waals surface area (Å²) in [4.78, 5) is 15.7. The van der Waals surface area contributed by atoms with E-state index in [9.17, 15) is 5.26 Å². The smallest absolute Gasteiger partial charge is 0.177 e. The summed E-state index contributed by atoms with van der Waals surface area (Å²) in [7, 11) is 0. The minimum absolute atomic E-state index is 0.190. The quantitative estimate of drug-likeness (QED) is 0.707. The average molecular weight is 374 g/mol. The molecule has 142 valence electrons. The van der Waals surface area contributed by atoms with E-state index in [0.717, 1.165) is 18.9 Å². The van der Waals surface area contributed by atoms with Crippen molar-refractivity contribution in [3.8, 4) is 17.3 Å². The fourth-order valence-electron chi connectivity index (χ4n) is 4.76. The maximum atomic E-state index is 9.42. The number of aromatic amines is 1. The Kier molecular flexibility index (Phi) is 3.90. The third-order valence-corrected chi connectivity index (χ3v) is 6.42. The van der Waals surface area contributed by atoms with E-state index in [0.29, 0.717) is 33.4 Å². The van der Waals surface area contributed by atoms with Crippen LogP contribution in [0.15, 0.2) is 18.5 Å². The molecular weight excluding hydrogens is 352 g/mol. The Morgan fingerprint density at radius 3 is 2.68 bits per heavy atom. The van der Waals surface area contributed by atoms with Crippen LogP contribution in [0.3, 0.4) is 0 Å². The predicted molar refractivity (Wildman–Crippen MR) is 106 cm³/mol. The van der Waals surface area contributed by atoms with Crippen LogP contribution in [0.4, 0.5) is 11.6 Å². The first-order chi connectivity index (χ1) is 13.7. The van der Waals surface area contributed by atoms with Crippen molar-refractivity contribution in [1.82, 2.24) is 25.1 Å². The number of nitriles is 1. The number of anilines is 2. The van der Waals surface area contributed by atoms with Crippen molar-refractivity contribution in [3.05, 3.63) is 24.0 Å². The fourth-order valence-corrected chi connectivity index (χ4v) is 4.76. The molecule has 1 saturated heterocycles. The summed E-state index contributed by atoms with van der Waals surface area (Å²) >= 11 is 0. The highest BCUT2D eigenvalue weighted by Crippen LogP contribution is 2.46. The van der Waals surface area contributed by atoms with Gasteiger partial charge in [0, 0.05) is 24.8 Å². The van der Waals surface area contributed by atoms with Crippen LogP contribution in [-0.2, 0) is 0 Å². The Balaban J connectivity index is 1.45. The Morgan fingerprint density at radius 1 is 1.14 bits per heavy atom. The van der Waals surface area contributed by atoms with Crippen molar-refractivity contribution in [2.24, 2.45) is 5.41 Å². The molecule has 0 radical (unpaired) electrons. The van der Waals surface area contributed by atoms with Gasteiger partial charge >= 0.3 is 0 Å². The summed E-state index contributed by atoms with van der Waals surface area (Å²) in [6, 6.07) is 3.83. The first-order valence-electron chi connectivity index (χ1n) is 9.80. The lowest BCUT2D eigenvalue weighted by atomic mass is 9.77. The summed E-state index contributed by atoms with van der Waals surface area (Å²) in [6.45, 7) is 2.06. The lowest BCUT2D eigenvalue weighted by Crippen LogP contribution is -2.39. The van der Waals surface area contributed by atoms with E-state index >= 15 is 0 Å². The highest BCUT2D eigenvalue weighted by Gasteiger charge is 2.37. The molecule has 3 aromatic rings. The van der Waals surface area contributed by atoms with Crippen molar-refractivity contribution in [1.29, 1.82) is 5.26 Å². The van der Waals surface area contributed by atoms with E-state index in [1.54, 1.807) is 12.3 Å². The molecule has 0 amide bonds. The predicted octanol–water partition coefficient (Wildman–Crippen LogP) is 3.03. The number of pyridine rings is 1. The minimum Gasteiger partial charge on any atom is -0.383 e. The van der Waals surface area contributed by atoms with Gasteiger partial charge in [0.1, 0.15) is 34.5 Å². The van der Waals surface area contributed by atoms with Crippen LogP contribution in [-0.4, -0.2) is 38.2 Å². The molecule has 2 aliphatic rings. The Bertz CT molecular complexity index is 1060. The van der Waals surface area contributed by atoms with Gasteiger partial charge in [0.05, 0.1) is 6.20 Å². The van der Waals surface area contributed by atoms with Crippen LogP contribution < -0.4 is 10.6 Å². The average Bonchev–Trinajstić information content (AvgIpc) is 3.35. The van der Waals surface area contributed by atoms with Crippen molar-refractivity contribution in [3.63, 3.8) is 0 Å². The second-order valence-electron chi connectivity index (χ2n) is 7.92. The molecule has 0 aromatic carbocycles. The van der Waals surface area contributed by atoms with Gasteiger partial charge in [-0.05, 0) is 37.2 Å². The molecule has 0 unspecified atom stereocenters. The number of nitrogens with two attached hydrogens (primary N) is 1. The third kappa shape index (κ3) is 2.66. The standard InChI is InChI=1S/C20H22N8/c21-11-14-13(3-8-23-18(14)22)16-17-19(27-26-16)25-15(12-24-17)28-9-6-20(7-10-28)4-1-2-5-20/h3,8,12H,1-2,4-7,9-10H2,(H2,22,23)(H,25,26,27). The number of hydrogen-bond acceptors (Lipinski definition) is 7. The summed E-state index contributed by atoms with van der Waals surface area (Å²) < 4.78 is 0. The summed E-state index contributed by atoms with van der Waals surface area (Å²) in [5.41, 5.74) is 9.16. The van der Waals surface area contributed by atoms with Crippen molar-refractivity contribution < 1.29 is 0 Å². The number of nitrogen functional groups attached to an aromatic ring is 1.